The Kier molecular flexibility index (Phi) is 6.43. The van der Waals surface area contributed by atoms with Crippen LogP contribution in [0.25, 0.3) is 0 Å². The Hall–Kier alpha value is -2.61. The number of amides is 1. The molecule has 1 saturated heterocycles. The molecule has 1 aliphatic rings. The van der Waals surface area contributed by atoms with Crippen LogP contribution < -0.4 is 10.1 Å². The molecule has 0 unspecified atom stereocenters. The number of carbonyl (C=O) groups is 3. The number of rotatable bonds is 8. The zero-order valence-corrected chi connectivity index (χ0v) is 15.8. The first-order valence-electron chi connectivity index (χ1n) is 8.86. The van der Waals surface area contributed by atoms with Crippen molar-refractivity contribution in [2.75, 3.05) is 20.7 Å². The van der Waals surface area contributed by atoms with Crippen molar-refractivity contribution in [1.29, 1.82) is 0 Å². The number of methoxy groups -OCH3 is 1. The SMILES string of the molecule is CC[C@@]1(C(=O)O)C[C@H](C(=O)NCCC(=O)O)[C@H](c2ccc(OC)cc2)N1C. The molecule has 1 heterocycles. The van der Waals surface area contributed by atoms with Gasteiger partial charge in [0.05, 0.1) is 19.4 Å². The summed E-state index contributed by atoms with van der Waals surface area (Å²) in [5.74, 6) is -2.23. The average molecular weight is 378 g/mol. The highest BCUT2D eigenvalue weighted by molar-refractivity contribution is 5.85. The highest BCUT2D eigenvalue weighted by Crippen LogP contribution is 2.47. The van der Waals surface area contributed by atoms with Gasteiger partial charge in [0.15, 0.2) is 0 Å². The second-order valence-electron chi connectivity index (χ2n) is 6.76. The third-order valence-electron chi connectivity index (χ3n) is 5.45. The molecule has 1 amide bonds. The molecule has 0 radical (unpaired) electrons. The molecule has 148 valence electrons. The zero-order valence-electron chi connectivity index (χ0n) is 15.8. The van der Waals surface area contributed by atoms with E-state index in [1.54, 1.807) is 38.1 Å². The average Bonchev–Trinajstić information content (AvgIpc) is 2.95. The lowest BCUT2D eigenvalue weighted by Crippen LogP contribution is -2.48. The fraction of sp³-hybridized carbons (Fsp3) is 0.526. The third kappa shape index (κ3) is 4.05. The second kappa shape index (κ2) is 8.39. The van der Waals surface area contributed by atoms with Crippen LogP contribution in [0.3, 0.4) is 0 Å². The normalized spacial score (nSPS) is 25.1. The molecule has 1 fully saturated rings. The van der Waals surface area contributed by atoms with Crippen molar-refractivity contribution in [3.05, 3.63) is 29.8 Å². The van der Waals surface area contributed by atoms with Crippen molar-refractivity contribution in [1.82, 2.24) is 10.2 Å². The topological polar surface area (TPSA) is 116 Å². The molecule has 8 heteroatoms. The summed E-state index contributed by atoms with van der Waals surface area (Å²) in [5.41, 5.74) is -0.340. The van der Waals surface area contributed by atoms with Crippen molar-refractivity contribution in [3.8, 4) is 5.75 Å². The number of nitrogens with one attached hydrogen (secondary N) is 1. The van der Waals surface area contributed by atoms with Gasteiger partial charge in [0.1, 0.15) is 11.3 Å². The number of benzene rings is 1. The van der Waals surface area contributed by atoms with Crippen molar-refractivity contribution < 1.29 is 29.3 Å². The van der Waals surface area contributed by atoms with E-state index in [1.807, 2.05) is 12.1 Å². The van der Waals surface area contributed by atoms with E-state index in [-0.39, 0.29) is 25.3 Å². The van der Waals surface area contributed by atoms with Gasteiger partial charge in [0, 0.05) is 12.6 Å². The van der Waals surface area contributed by atoms with E-state index in [9.17, 15) is 19.5 Å². The summed E-state index contributed by atoms with van der Waals surface area (Å²) in [6.07, 6.45) is 0.328. The number of likely N-dealkylation sites (tertiary alicyclic amines) is 1. The first-order chi connectivity index (χ1) is 12.8. The molecule has 1 aromatic carbocycles. The van der Waals surface area contributed by atoms with E-state index >= 15 is 0 Å². The standard InChI is InChI=1S/C19H26N2O6/c1-4-19(18(25)26)11-14(17(24)20-10-9-15(22)23)16(21(19)2)12-5-7-13(27-3)8-6-12/h5-8,14,16H,4,9-11H2,1-3H3,(H,20,24)(H,22,23)(H,25,26)/t14-,16-,19-/m0/s1. The van der Waals surface area contributed by atoms with Gasteiger partial charge in [-0.2, -0.15) is 0 Å². The van der Waals surface area contributed by atoms with Crippen LogP contribution in [0.5, 0.6) is 5.75 Å². The molecule has 0 bridgehead atoms. The Bertz CT molecular complexity index is 705. The van der Waals surface area contributed by atoms with Crippen molar-refractivity contribution in [2.24, 2.45) is 5.92 Å². The van der Waals surface area contributed by atoms with Crippen molar-refractivity contribution in [2.45, 2.75) is 37.8 Å². The maximum atomic E-state index is 12.8. The maximum absolute atomic E-state index is 12.8. The molecule has 1 aromatic rings. The zero-order chi connectivity index (χ0) is 20.2. The molecular formula is C19H26N2O6. The molecular weight excluding hydrogens is 352 g/mol. The lowest BCUT2D eigenvalue weighted by atomic mass is 9.87. The van der Waals surface area contributed by atoms with E-state index in [4.69, 9.17) is 9.84 Å². The van der Waals surface area contributed by atoms with Crippen LogP contribution in [0.15, 0.2) is 24.3 Å². The van der Waals surface area contributed by atoms with Crippen LogP contribution in [0.1, 0.15) is 37.8 Å². The van der Waals surface area contributed by atoms with E-state index < -0.39 is 29.4 Å². The van der Waals surface area contributed by atoms with Gasteiger partial charge in [-0.3, -0.25) is 19.3 Å². The first kappa shape index (κ1) is 20.7. The predicted octanol–water partition coefficient (Wildman–Crippen LogP) is 1.51. The number of likely N-dealkylation sites (N-methyl/N-ethyl adjacent to an activating group) is 1. The maximum Gasteiger partial charge on any atom is 0.324 e. The summed E-state index contributed by atoms with van der Waals surface area (Å²) >= 11 is 0. The predicted molar refractivity (Wildman–Crippen MR) is 97.5 cm³/mol. The van der Waals surface area contributed by atoms with E-state index in [2.05, 4.69) is 5.32 Å². The number of aliphatic carboxylic acids is 2. The van der Waals surface area contributed by atoms with Gasteiger partial charge < -0.3 is 20.3 Å². The second-order valence-corrected chi connectivity index (χ2v) is 6.76. The van der Waals surface area contributed by atoms with Gasteiger partial charge in [-0.05, 0) is 37.6 Å². The Morgan fingerprint density at radius 2 is 1.89 bits per heavy atom. The lowest BCUT2D eigenvalue weighted by molar-refractivity contribution is -0.150. The van der Waals surface area contributed by atoms with Crippen LogP contribution >= 0.6 is 0 Å². The number of carboxylic acid groups (broad SMARTS) is 2. The fourth-order valence-electron chi connectivity index (χ4n) is 3.86. The number of nitrogens with zero attached hydrogens (tertiary/aromatic N) is 1. The molecule has 27 heavy (non-hydrogen) atoms. The molecule has 0 spiro atoms. The number of carboxylic acids is 2. The minimum Gasteiger partial charge on any atom is -0.497 e. The van der Waals surface area contributed by atoms with Crippen LogP contribution in [0, 0.1) is 5.92 Å². The molecule has 0 saturated carbocycles. The third-order valence-corrected chi connectivity index (χ3v) is 5.45. The van der Waals surface area contributed by atoms with Gasteiger partial charge in [0.2, 0.25) is 5.91 Å². The van der Waals surface area contributed by atoms with Gasteiger partial charge in [0.25, 0.3) is 0 Å². The minimum atomic E-state index is -1.15. The van der Waals surface area contributed by atoms with Crippen LogP contribution in [0.2, 0.25) is 0 Å². The number of ether oxygens (including phenoxy) is 1. The Labute approximate surface area is 158 Å². The molecule has 0 aliphatic carbocycles. The monoisotopic (exact) mass is 378 g/mol. The number of carbonyl (C=O) groups excluding carboxylic acids is 1. The van der Waals surface area contributed by atoms with Crippen LogP contribution in [0.4, 0.5) is 0 Å². The number of hydrogen-bond donors (Lipinski definition) is 3. The lowest BCUT2D eigenvalue weighted by Gasteiger charge is -2.34. The van der Waals surface area contributed by atoms with E-state index in [0.717, 1.165) is 5.56 Å². The molecule has 8 nitrogen and oxygen atoms in total. The van der Waals surface area contributed by atoms with E-state index in [1.165, 1.54) is 0 Å². The Morgan fingerprint density at radius 1 is 1.26 bits per heavy atom. The molecule has 0 aromatic heterocycles. The smallest absolute Gasteiger partial charge is 0.324 e. The highest BCUT2D eigenvalue weighted by atomic mass is 16.5. The molecule has 3 atom stereocenters. The summed E-state index contributed by atoms with van der Waals surface area (Å²) < 4.78 is 5.17. The minimum absolute atomic E-state index is 0.00983. The largest absolute Gasteiger partial charge is 0.497 e. The summed E-state index contributed by atoms with van der Waals surface area (Å²) in [7, 11) is 3.28. The Balaban J connectivity index is 2.35. The summed E-state index contributed by atoms with van der Waals surface area (Å²) in [5, 5.41) is 21.3. The van der Waals surface area contributed by atoms with Gasteiger partial charge >= 0.3 is 11.9 Å². The summed E-state index contributed by atoms with van der Waals surface area (Å²) in [4.78, 5) is 37.2. The fourth-order valence-corrected chi connectivity index (χ4v) is 3.86. The van der Waals surface area contributed by atoms with Crippen molar-refractivity contribution in [3.63, 3.8) is 0 Å². The number of hydrogen-bond acceptors (Lipinski definition) is 5. The van der Waals surface area contributed by atoms with Gasteiger partial charge in [-0.15, -0.1) is 0 Å². The quantitative estimate of drug-likeness (QED) is 0.628. The Morgan fingerprint density at radius 3 is 2.37 bits per heavy atom. The summed E-state index contributed by atoms with van der Waals surface area (Å²) in [6, 6.07) is 6.76. The van der Waals surface area contributed by atoms with Gasteiger partial charge in [-0.25, -0.2) is 0 Å². The molecule has 1 aliphatic heterocycles. The van der Waals surface area contributed by atoms with Crippen LogP contribution in [-0.4, -0.2) is 59.2 Å². The van der Waals surface area contributed by atoms with Gasteiger partial charge in [-0.1, -0.05) is 19.1 Å². The molecule has 2 rings (SSSR count). The van der Waals surface area contributed by atoms with Crippen LogP contribution in [-0.2, 0) is 14.4 Å². The molecule has 3 N–H and O–H groups in total. The van der Waals surface area contributed by atoms with E-state index in [0.29, 0.717) is 12.2 Å². The van der Waals surface area contributed by atoms with Crippen molar-refractivity contribution >= 4 is 17.8 Å². The summed E-state index contributed by atoms with van der Waals surface area (Å²) in [6.45, 7) is 1.80. The highest BCUT2D eigenvalue weighted by Gasteiger charge is 2.56. The first-order valence-corrected chi connectivity index (χ1v) is 8.86.